The third-order valence-corrected chi connectivity index (χ3v) is 10.8. The molecule has 0 bridgehead atoms. The molecule has 3 fully saturated rings. The molecule has 3 N–H and O–H groups in total. The number of rotatable bonds is 8. The van der Waals surface area contributed by atoms with Crippen molar-refractivity contribution in [3.63, 3.8) is 0 Å². The minimum atomic E-state index is -3.76. The van der Waals surface area contributed by atoms with E-state index in [2.05, 4.69) is 19.8 Å². The van der Waals surface area contributed by atoms with E-state index in [0.717, 1.165) is 68.1 Å². The second-order valence-corrected chi connectivity index (χ2v) is 14.1. The van der Waals surface area contributed by atoms with E-state index in [0.29, 0.717) is 35.6 Å². The summed E-state index contributed by atoms with van der Waals surface area (Å²) >= 11 is 0. The molecule has 1 spiro atoms. The number of ether oxygens (including phenoxy) is 2. The van der Waals surface area contributed by atoms with Crippen molar-refractivity contribution in [2.45, 2.75) is 57.3 Å². The molecule has 222 valence electrons. The zero-order valence-corrected chi connectivity index (χ0v) is 24.6. The highest BCUT2D eigenvalue weighted by molar-refractivity contribution is 7.93. The number of morpholine rings is 1. The van der Waals surface area contributed by atoms with E-state index < -0.39 is 21.9 Å². The lowest BCUT2D eigenvalue weighted by atomic mass is 9.93. The van der Waals surface area contributed by atoms with Crippen LogP contribution >= 0.6 is 0 Å². The van der Waals surface area contributed by atoms with Gasteiger partial charge in [0.25, 0.3) is 5.91 Å². The van der Waals surface area contributed by atoms with Gasteiger partial charge in [0.05, 0.1) is 48.7 Å². The van der Waals surface area contributed by atoms with Crippen LogP contribution in [0.1, 0.15) is 55.5 Å². The molecule has 11 heteroatoms. The van der Waals surface area contributed by atoms with Crippen molar-refractivity contribution in [2.24, 2.45) is 5.41 Å². The lowest BCUT2D eigenvalue weighted by molar-refractivity contribution is 0.0530. The van der Waals surface area contributed by atoms with Gasteiger partial charge in [-0.1, -0.05) is 0 Å². The van der Waals surface area contributed by atoms with E-state index in [1.165, 1.54) is 19.8 Å². The molecule has 2 atom stereocenters. The summed E-state index contributed by atoms with van der Waals surface area (Å²) in [5, 5.41) is 11.6. The van der Waals surface area contributed by atoms with E-state index >= 15 is 0 Å². The van der Waals surface area contributed by atoms with Crippen LogP contribution in [0.3, 0.4) is 0 Å². The highest BCUT2D eigenvalue weighted by Gasteiger charge is 2.44. The van der Waals surface area contributed by atoms with Gasteiger partial charge >= 0.3 is 0 Å². The average molecular weight is 585 g/mol. The van der Waals surface area contributed by atoms with Crippen LogP contribution < -0.4 is 24.6 Å². The fraction of sp³-hybridized carbons (Fsp3) is 0.567. The highest BCUT2D eigenvalue weighted by atomic mass is 32.2. The Kier molecular flexibility index (Phi) is 7.54. The topological polar surface area (TPSA) is 120 Å². The molecule has 2 aromatic rings. The largest absolute Gasteiger partial charge is 0.491 e. The molecule has 0 aromatic heterocycles. The van der Waals surface area contributed by atoms with Gasteiger partial charge in [-0.05, 0) is 75.3 Å². The smallest absolute Gasteiger partial charge is 0.255 e. The normalized spacial score (nSPS) is 22.2. The Hall–Kier alpha value is -3.02. The molecular formula is C30H40N4O6S. The first kappa shape index (κ1) is 28.1. The summed E-state index contributed by atoms with van der Waals surface area (Å²) in [6, 6.07) is 9.04. The second kappa shape index (κ2) is 11.0. The number of carbonyl (C=O) groups is 1. The number of sulfonamides is 1. The Morgan fingerprint density at radius 1 is 1.07 bits per heavy atom. The number of nitrogens with one attached hydrogen (secondary N) is 2. The number of hydrogen-bond donors (Lipinski definition) is 3. The number of anilines is 4. The number of piperidine rings is 1. The van der Waals surface area contributed by atoms with Gasteiger partial charge in [0.15, 0.2) is 0 Å². The van der Waals surface area contributed by atoms with Crippen molar-refractivity contribution in [2.75, 3.05) is 65.8 Å². The van der Waals surface area contributed by atoms with Gasteiger partial charge in [0.2, 0.25) is 10.0 Å². The van der Waals surface area contributed by atoms with Crippen LogP contribution in [0.15, 0.2) is 30.3 Å². The molecule has 1 aliphatic carbocycles. The summed E-state index contributed by atoms with van der Waals surface area (Å²) in [7, 11) is -3.76. The number of carbonyl (C=O) groups excluding carboxylic acids is 1. The number of nitrogens with zero attached hydrogens (tertiary/aromatic N) is 2. The average Bonchev–Trinajstić information content (AvgIpc) is 3.53. The summed E-state index contributed by atoms with van der Waals surface area (Å²) in [4.78, 5) is 18.2. The van der Waals surface area contributed by atoms with Crippen LogP contribution in [0.4, 0.5) is 22.7 Å². The predicted molar refractivity (Wildman–Crippen MR) is 160 cm³/mol. The fourth-order valence-electron chi connectivity index (χ4n) is 6.11. The van der Waals surface area contributed by atoms with Crippen molar-refractivity contribution in [3.8, 4) is 5.75 Å². The zero-order valence-electron chi connectivity index (χ0n) is 23.8. The van der Waals surface area contributed by atoms with Gasteiger partial charge in [-0.25, -0.2) is 8.42 Å². The van der Waals surface area contributed by atoms with Crippen LogP contribution in [-0.2, 0) is 21.2 Å². The Bertz CT molecular complexity index is 1420. The lowest BCUT2D eigenvalue weighted by Gasteiger charge is -2.35. The summed E-state index contributed by atoms with van der Waals surface area (Å²) in [5.74, 6) is 0.633. The molecule has 10 nitrogen and oxygen atoms in total. The molecule has 1 amide bonds. The van der Waals surface area contributed by atoms with Crippen molar-refractivity contribution in [3.05, 3.63) is 41.5 Å². The summed E-state index contributed by atoms with van der Waals surface area (Å²) < 4.78 is 39.6. The standard InChI is InChI=1S/C30H40N4O6S/c1-20-18-34(12-14-39-20)27-16-23(15-22-5-13-40-28(22)27)29(36)31-25-4-3-24(32-41(37,38)21(2)19-35)17-26(25)33-10-8-30(6-7-30)9-11-33/h3-4,15-17,20-21,32,35H,5-14,18-19H2,1-2H3,(H,31,36)/t20-,21+/m1/s1. The van der Waals surface area contributed by atoms with Crippen LogP contribution in [0.25, 0.3) is 0 Å². The van der Waals surface area contributed by atoms with E-state index in [4.69, 9.17) is 9.47 Å². The third kappa shape index (κ3) is 5.85. The fourth-order valence-corrected chi connectivity index (χ4v) is 6.96. The summed E-state index contributed by atoms with van der Waals surface area (Å²) in [6.45, 7) is 7.42. The maximum absolute atomic E-state index is 13.8. The van der Waals surface area contributed by atoms with Crippen molar-refractivity contribution in [1.82, 2.24) is 0 Å². The SMILES string of the molecule is C[C@@H]1CN(c2cc(C(=O)Nc3ccc(NS(=O)(=O)[C@@H](C)CO)cc3N3CCC4(CC3)CC4)cc3c2OCC3)CCO1. The van der Waals surface area contributed by atoms with E-state index in [1.54, 1.807) is 18.2 Å². The summed E-state index contributed by atoms with van der Waals surface area (Å²) in [5.41, 5.74) is 4.82. The first-order chi connectivity index (χ1) is 19.7. The molecule has 2 saturated heterocycles. The van der Waals surface area contributed by atoms with Gasteiger partial charge in [-0.15, -0.1) is 0 Å². The van der Waals surface area contributed by atoms with E-state index in [1.807, 2.05) is 19.1 Å². The van der Waals surface area contributed by atoms with Crippen molar-refractivity contribution in [1.29, 1.82) is 0 Å². The Morgan fingerprint density at radius 3 is 2.56 bits per heavy atom. The van der Waals surface area contributed by atoms with E-state index in [-0.39, 0.29) is 12.0 Å². The predicted octanol–water partition coefficient (Wildman–Crippen LogP) is 3.60. The molecule has 6 rings (SSSR count). The molecule has 4 aliphatic rings. The summed E-state index contributed by atoms with van der Waals surface area (Å²) in [6.07, 6.45) is 5.57. The molecule has 41 heavy (non-hydrogen) atoms. The Labute approximate surface area is 242 Å². The maximum Gasteiger partial charge on any atom is 0.255 e. The van der Waals surface area contributed by atoms with Gasteiger partial charge in [-0.3, -0.25) is 9.52 Å². The van der Waals surface area contributed by atoms with Crippen LogP contribution in [0.5, 0.6) is 5.75 Å². The number of aliphatic hydroxyl groups excluding tert-OH is 1. The Morgan fingerprint density at radius 2 is 1.85 bits per heavy atom. The second-order valence-electron chi connectivity index (χ2n) is 12.0. The van der Waals surface area contributed by atoms with Gasteiger partial charge in [-0.2, -0.15) is 0 Å². The van der Waals surface area contributed by atoms with E-state index in [9.17, 15) is 18.3 Å². The first-order valence-electron chi connectivity index (χ1n) is 14.7. The van der Waals surface area contributed by atoms with Gasteiger partial charge in [0.1, 0.15) is 11.0 Å². The van der Waals surface area contributed by atoms with Gasteiger partial charge < -0.3 is 29.7 Å². The van der Waals surface area contributed by atoms with Crippen molar-refractivity contribution >= 4 is 38.7 Å². The van der Waals surface area contributed by atoms with Crippen LogP contribution in [0, 0.1) is 5.41 Å². The molecule has 2 aromatic carbocycles. The lowest BCUT2D eigenvalue weighted by Crippen LogP contribution is -2.41. The Balaban J connectivity index is 1.29. The zero-order chi connectivity index (χ0) is 28.8. The van der Waals surface area contributed by atoms with Crippen LogP contribution in [-0.4, -0.2) is 76.8 Å². The molecular weight excluding hydrogens is 544 g/mol. The number of fused-ring (bicyclic) bond motifs is 1. The number of hydrogen-bond acceptors (Lipinski definition) is 8. The van der Waals surface area contributed by atoms with Gasteiger partial charge in [0, 0.05) is 43.7 Å². The minimum Gasteiger partial charge on any atom is -0.491 e. The molecule has 3 heterocycles. The molecule has 0 unspecified atom stereocenters. The number of aliphatic hydroxyl groups is 1. The van der Waals surface area contributed by atoms with Crippen molar-refractivity contribution < 1.29 is 27.8 Å². The third-order valence-electron chi connectivity index (χ3n) is 9.02. The molecule has 3 aliphatic heterocycles. The maximum atomic E-state index is 13.8. The quantitative estimate of drug-likeness (QED) is 0.431. The number of benzene rings is 2. The minimum absolute atomic E-state index is 0.0940. The first-order valence-corrected chi connectivity index (χ1v) is 16.2. The van der Waals surface area contributed by atoms with Crippen LogP contribution in [0.2, 0.25) is 0 Å². The molecule has 0 radical (unpaired) electrons. The highest BCUT2D eigenvalue weighted by Crippen LogP contribution is 2.54. The number of amides is 1. The molecule has 1 saturated carbocycles. The monoisotopic (exact) mass is 584 g/mol.